The lowest BCUT2D eigenvalue weighted by Gasteiger charge is -2.27. The molecule has 3 rings (SSSR count). The third-order valence-electron chi connectivity index (χ3n) is 5.45. The number of para-hydroxylation sites is 1. The normalized spacial score (nSPS) is 18.6. The Morgan fingerprint density at radius 3 is 1.93 bits per heavy atom. The lowest BCUT2D eigenvalue weighted by Crippen LogP contribution is -2.32. The molecule has 29 heavy (non-hydrogen) atoms. The van der Waals surface area contributed by atoms with E-state index in [1.54, 1.807) is 24.3 Å². The van der Waals surface area contributed by atoms with Crippen LogP contribution in [0.25, 0.3) is 0 Å². The fourth-order valence-electron chi connectivity index (χ4n) is 3.62. The molecule has 0 saturated heterocycles. The highest BCUT2D eigenvalue weighted by Gasteiger charge is 2.30. The van der Waals surface area contributed by atoms with Crippen molar-refractivity contribution in [1.82, 2.24) is 0 Å². The van der Waals surface area contributed by atoms with Crippen LogP contribution in [0.15, 0.2) is 48.5 Å². The maximum absolute atomic E-state index is 12.6. The zero-order valence-electron chi connectivity index (χ0n) is 16.7. The number of benzene rings is 2. The number of esters is 1. The Balaban J connectivity index is 1.49. The van der Waals surface area contributed by atoms with Crippen molar-refractivity contribution in [1.29, 1.82) is 0 Å². The molecule has 2 aromatic carbocycles. The molecule has 2 amide bonds. The molecule has 0 heterocycles. The third kappa shape index (κ3) is 5.22. The van der Waals surface area contributed by atoms with E-state index >= 15 is 0 Å². The summed E-state index contributed by atoms with van der Waals surface area (Å²) in [5, 5.41) is 5.90. The first-order valence-corrected chi connectivity index (χ1v) is 9.83. The minimum Gasteiger partial charge on any atom is -0.465 e. The van der Waals surface area contributed by atoms with Crippen molar-refractivity contribution < 1.29 is 19.1 Å². The van der Waals surface area contributed by atoms with E-state index in [1.165, 1.54) is 7.11 Å². The molecule has 2 N–H and O–H groups in total. The Kier molecular flexibility index (Phi) is 6.65. The van der Waals surface area contributed by atoms with Crippen LogP contribution in [0.1, 0.15) is 41.6 Å². The van der Waals surface area contributed by atoms with Crippen molar-refractivity contribution in [2.45, 2.75) is 32.6 Å². The van der Waals surface area contributed by atoms with E-state index in [9.17, 15) is 14.4 Å². The van der Waals surface area contributed by atoms with Gasteiger partial charge in [-0.25, -0.2) is 4.79 Å². The van der Waals surface area contributed by atoms with Gasteiger partial charge in [0.05, 0.1) is 12.7 Å². The van der Waals surface area contributed by atoms with Crippen LogP contribution in [-0.2, 0) is 14.3 Å². The number of amides is 2. The van der Waals surface area contributed by atoms with Crippen molar-refractivity contribution in [2.75, 3.05) is 17.7 Å². The van der Waals surface area contributed by atoms with Crippen LogP contribution in [-0.4, -0.2) is 24.9 Å². The van der Waals surface area contributed by atoms with Gasteiger partial charge in [-0.1, -0.05) is 18.2 Å². The van der Waals surface area contributed by atoms with E-state index < -0.39 is 5.97 Å². The van der Waals surface area contributed by atoms with Gasteiger partial charge in [-0.05, 0) is 68.5 Å². The van der Waals surface area contributed by atoms with Gasteiger partial charge in [0.25, 0.3) is 0 Å². The topological polar surface area (TPSA) is 84.5 Å². The molecule has 2 aromatic rings. The summed E-state index contributed by atoms with van der Waals surface area (Å²) in [7, 11) is 1.33. The molecule has 1 fully saturated rings. The average Bonchev–Trinajstić information content (AvgIpc) is 2.75. The molecule has 0 radical (unpaired) electrons. The van der Waals surface area contributed by atoms with E-state index in [2.05, 4.69) is 15.4 Å². The van der Waals surface area contributed by atoms with E-state index in [0.29, 0.717) is 36.9 Å². The second-order valence-corrected chi connectivity index (χ2v) is 7.41. The van der Waals surface area contributed by atoms with Crippen LogP contribution in [0.5, 0.6) is 0 Å². The number of nitrogens with one attached hydrogen (secondary N) is 2. The van der Waals surface area contributed by atoms with Crippen molar-refractivity contribution in [3.8, 4) is 0 Å². The van der Waals surface area contributed by atoms with Crippen molar-refractivity contribution in [2.24, 2.45) is 11.8 Å². The summed E-state index contributed by atoms with van der Waals surface area (Å²) in [5.41, 5.74) is 2.95. The number of hydrogen-bond acceptors (Lipinski definition) is 4. The lowest BCUT2D eigenvalue weighted by molar-refractivity contribution is -0.125. The number of hydrogen-bond donors (Lipinski definition) is 2. The Morgan fingerprint density at radius 2 is 1.38 bits per heavy atom. The van der Waals surface area contributed by atoms with E-state index in [-0.39, 0.29) is 23.7 Å². The van der Waals surface area contributed by atoms with Crippen LogP contribution >= 0.6 is 0 Å². The lowest BCUT2D eigenvalue weighted by atomic mass is 9.81. The number of rotatable bonds is 5. The van der Waals surface area contributed by atoms with Gasteiger partial charge in [0, 0.05) is 23.2 Å². The summed E-state index contributed by atoms with van der Waals surface area (Å²) >= 11 is 0. The molecule has 1 aliphatic carbocycles. The number of aryl methyl sites for hydroxylation is 1. The molecule has 1 aliphatic rings. The monoisotopic (exact) mass is 394 g/mol. The van der Waals surface area contributed by atoms with Gasteiger partial charge < -0.3 is 15.4 Å². The second kappa shape index (κ2) is 9.37. The van der Waals surface area contributed by atoms with Crippen molar-refractivity contribution in [3.05, 3.63) is 59.7 Å². The minimum atomic E-state index is -0.412. The fraction of sp³-hybridized carbons (Fsp3) is 0.348. The van der Waals surface area contributed by atoms with Gasteiger partial charge in [-0.15, -0.1) is 0 Å². The largest absolute Gasteiger partial charge is 0.465 e. The first-order valence-electron chi connectivity index (χ1n) is 9.83. The molecular weight excluding hydrogens is 368 g/mol. The van der Waals surface area contributed by atoms with Crippen LogP contribution in [0.2, 0.25) is 0 Å². The predicted octanol–water partition coefficient (Wildman–Crippen LogP) is 4.17. The van der Waals surface area contributed by atoms with Crippen LogP contribution in [0, 0.1) is 18.8 Å². The standard InChI is InChI=1S/C23H26N2O4/c1-15-5-3-4-6-20(15)25-22(27)17-9-7-16(8-10-17)21(26)24-19-13-11-18(12-14-19)23(28)29-2/h3-6,11-14,16-17H,7-10H2,1-2H3,(H,24,26)(H,25,27). The summed E-state index contributed by atoms with van der Waals surface area (Å²) in [4.78, 5) is 36.6. The van der Waals surface area contributed by atoms with Gasteiger partial charge in [0.2, 0.25) is 11.8 Å². The summed E-state index contributed by atoms with van der Waals surface area (Å²) in [6, 6.07) is 14.3. The Hall–Kier alpha value is -3.15. The van der Waals surface area contributed by atoms with Crippen LogP contribution in [0.4, 0.5) is 11.4 Å². The SMILES string of the molecule is COC(=O)c1ccc(NC(=O)C2CCC(C(=O)Nc3ccccc3C)CC2)cc1. The molecule has 1 saturated carbocycles. The third-order valence-corrected chi connectivity index (χ3v) is 5.45. The van der Waals surface area contributed by atoms with Gasteiger partial charge in [-0.3, -0.25) is 9.59 Å². The molecule has 0 aromatic heterocycles. The van der Waals surface area contributed by atoms with Gasteiger partial charge in [0.1, 0.15) is 0 Å². The first-order chi connectivity index (χ1) is 14.0. The summed E-state index contributed by atoms with van der Waals surface area (Å²) in [6.07, 6.45) is 2.74. The molecule has 0 aliphatic heterocycles. The average molecular weight is 394 g/mol. The van der Waals surface area contributed by atoms with E-state index in [4.69, 9.17) is 0 Å². The molecule has 152 valence electrons. The zero-order valence-corrected chi connectivity index (χ0v) is 16.7. The molecule has 6 heteroatoms. The predicted molar refractivity (Wildman–Crippen MR) is 112 cm³/mol. The zero-order chi connectivity index (χ0) is 20.8. The fourth-order valence-corrected chi connectivity index (χ4v) is 3.62. The Labute approximate surface area is 170 Å². The Bertz CT molecular complexity index is 884. The molecule has 0 atom stereocenters. The molecule has 0 bridgehead atoms. The quantitative estimate of drug-likeness (QED) is 0.746. The molecule has 0 unspecified atom stereocenters. The number of anilines is 2. The smallest absolute Gasteiger partial charge is 0.337 e. The number of methoxy groups -OCH3 is 1. The van der Waals surface area contributed by atoms with E-state index in [0.717, 1.165) is 11.3 Å². The second-order valence-electron chi connectivity index (χ2n) is 7.41. The molecule has 6 nitrogen and oxygen atoms in total. The van der Waals surface area contributed by atoms with Crippen LogP contribution < -0.4 is 10.6 Å². The highest BCUT2D eigenvalue weighted by atomic mass is 16.5. The van der Waals surface area contributed by atoms with Gasteiger partial charge in [0.15, 0.2) is 0 Å². The van der Waals surface area contributed by atoms with Gasteiger partial charge in [-0.2, -0.15) is 0 Å². The summed E-state index contributed by atoms with van der Waals surface area (Å²) < 4.78 is 4.67. The molecular formula is C23H26N2O4. The van der Waals surface area contributed by atoms with Crippen molar-refractivity contribution >= 4 is 29.2 Å². The number of ether oxygens (including phenoxy) is 1. The first kappa shape index (κ1) is 20.6. The Morgan fingerprint density at radius 1 is 0.828 bits per heavy atom. The molecule has 0 spiro atoms. The maximum atomic E-state index is 12.6. The van der Waals surface area contributed by atoms with E-state index in [1.807, 2.05) is 31.2 Å². The summed E-state index contributed by atoms with van der Waals surface area (Å²) in [5.74, 6) is -0.619. The minimum absolute atomic E-state index is 0.0246. The number of carbonyl (C=O) groups excluding carboxylic acids is 3. The van der Waals surface area contributed by atoms with Crippen molar-refractivity contribution in [3.63, 3.8) is 0 Å². The summed E-state index contributed by atoms with van der Waals surface area (Å²) in [6.45, 7) is 1.97. The number of carbonyl (C=O) groups is 3. The maximum Gasteiger partial charge on any atom is 0.337 e. The highest BCUT2D eigenvalue weighted by molar-refractivity contribution is 5.95. The van der Waals surface area contributed by atoms with Crippen LogP contribution in [0.3, 0.4) is 0 Å². The van der Waals surface area contributed by atoms with Gasteiger partial charge >= 0.3 is 5.97 Å². The highest BCUT2D eigenvalue weighted by Crippen LogP contribution is 2.31.